The van der Waals surface area contributed by atoms with Crippen LogP contribution >= 0.6 is 0 Å². The lowest BCUT2D eigenvalue weighted by molar-refractivity contribution is 0.181. The minimum absolute atomic E-state index is 0.164. The molecule has 1 N–H and O–H groups in total. The summed E-state index contributed by atoms with van der Waals surface area (Å²) < 4.78 is 5.83. The number of allylic oxidation sites excluding steroid dienone is 2. The molecule has 18 heavy (non-hydrogen) atoms. The van der Waals surface area contributed by atoms with Crippen LogP contribution in [0.15, 0.2) is 53.9 Å². The monoisotopic (exact) mass is 245 g/mol. The number of hydrogen-bond acceptors (Lipinski definition) is 3. The van der Waals surface area contributed by atoms with Gasteiger partial charge in [0.25, 0.3) is 0 Å². The fourth-order valence-electron chi connectivity index (χ4n) is 1.97. The molecule has 0 radical (unpaired) electrons. The van der Waals surface area contributed by atoms with E-state index in [0.717, 1.165) is 23.6 Å². The van der Waals surface area contributed by atoms with Crippen LogP contribution in [-0.2, 0) is 11.3 Å². The summed E-state index contributed by atoms with van der Waals surface area (Å²) in [6.07, 6.45) is 4.06. The molecular formula is C15H19NO2. The van der Waals surface area contributed by atoms with Crippen LogP contribution in [0.3, 0.4) is 0 Å². The van der Waals surface area contributed by atoms with Crippen molar-refractivity contribution in [1.29, 1.82) is 0 Å². The van der Waals surface area contributed by atoms with Crippen molar-refractivity contribution in [3.63, 3.8) is 0 Å². The van der Waals surface area contributed by atoms with E-state index in [1.165, 1.54) is 0 Å². The average Bonchev–Trinajstić information content (AvgIpc) is 2.41. The molecule has 0 saturated heterocycles. The Morgan fingerprint density at radius 1 is 1.28 bits per heavy atom. The van der Waals surface area contributed by atoms with E-state index in [2.05, 4.69) is 11.0 Å². The van der Waals surface area contributed by atoms with Crippen LogP contribution in [0, 0.1) is 0 Å². The van der Waals surface area contributed by atoms with E-state index in [1.54, 1.807) is 0 Å². The Labute approximate surface area is 108 Å². The molecule has 3 heteroatoms. The van der Waals surface area contributed by atoms with E-state index in [1.807, 2.05) is 43.3 Å². The molecule has 96 valence electrons. The average molecular weight is 245 g/mol. The van der Waals surface area contributed by atoms with Crippen molar-refractivity contribution in [2.75, 3.05) is 19.7 Å². The van der Waals surface area contributed by atoms with Crippen molar-refractivity contribution in [1.82, 2.24) is 4.90 Å². The highest BCUT2D eigenvalue weighted by Crippen LogP contribution is 2.18. The molecule has 0 aromatic heterocycles. The zero-order valence-corrected chi connectivity index (χ0v) is 10.7. The fourth-order valence-corrected chi connectivity index (χ4v) is 1.97. The third kappa shape index (κ3) is 3.14. The fraction of sp³-hybridized carbons (Fsp3) is 0.333. The molecule has 0 atom stereocenters. The number of aliphatic hydroxyl groups excluding tert-OH is 1. The number of ether oxygens (including phenoxy) is 1. The Morgan fingerprint density at radius 3 is 2.78 bits per heavy atom. The molecule has 1 aromatic rings. The van der Waals surface area contributed by atoms with Crippen LogP contribution in [0.4, 0.5) is 0 Å². The summed E-state index contributed by atoms with van der Waals surface area (Å²) in [6.45, 7) is 4.25. The molecular weight excluding hydrogens is 226 g/mol. The van der Waals surface area contributed by atoms with E-state index < -0.39 is 0 Å². The molecule has 0 fully saturated rings. The summed E-state index contributed by atoms with van der Waals surface area (Å²) in [4.78, 5) is 2.11. The Bertz CT molecular complexity index is 437. The van der Waals surface area contributed by atoms with Crippen LogP contribution in [0.25, 0.3) is 0 Å². The number of nitrogens with zero attached hydrogens (tertiary/aromatic N) is 1. The van der Waals surface area contributed by atoms with Crippen LogP contribution in [0.5, 0.6) is 0 Å². The summed E-state index contributed by atoms with van der Waals surface area (Å²) in [6, 6.07) is 10.1. The number of benzene rings is 1. The van der Waals surface area contributed by atoms with E-state index >= 15 is 0 Å². The molecule has 0 saturated carbocycles. The molecule has 3 nitrogen and oxygen atoms in total. The van der Waals surface area contributed by atoms with Crippen molar-refractivity contribution in [2.24, 2.45) is 0 Å². The summed E-state index contributed by atoms with van der Waals surface area (Å²) in [7, 11) is 0. The largest absolute Gasteiger partial charge is 0.487 e. The zero-order chi connectivity index (χ0) is 12.8. The second-order valence-corrected chi connectivity index (χ2v) is 4.30. The van der Waals surface area contributed by atoms with Crippen molar-refractivity contribution in [3.8, 4) is 0 Å². The maximum absolute atomic E-state index is 9.00. The third-order valence-corrected chi connectivity index (χ3v) is 3.03. The molecule has 0 unspecified atom stereocenters. The third-order valence-electron chi connectivity index (χ3n) is 3.03. The Hall–Kier alpha value is -1.74. The van der Waals surface area contributed by atoms with Crippen molar-refractivity contribution >= 4 is 0 Å². The van der Waals surface area contributed by atoms with Gasteiger partial charge in [-0.3, -0.25) is 0 Å². The van der Waals surface area contributed by atoms with Gasteiger partial charge in [-0.05, 0) is 18.6 Å². The second kappa shape index (κ2) is 6.26. The summed E-state index contributed by atoms with van der Waals surface area (Å²) in [5.74, 6) is 0.888. The van der Waals surface area contributed by atoms with Crippen molar-refractivity contribution in [3.05, 3.63) is 59.5 Å². The minimum atomic E-state index is 0.164. The Kier molecular flexibility index (Phi) is 4.42. The first kappa shape index (κ1) is 12.7. The molecule has 0 bridgehead atoms. The van der Waals surface area contributed by atoms with E-state index in [-0.39, 0.29) is 6.61 Å². The van der Waals surface area contributed by atoms with Gasteiger partial charge < -0.3 is 14.7 Å². The van der Waals surface area contributed by atoms with E-state index in [9.17, 15) is 0 Å². The maximum Gasteiger partial charge on any atom is 0.138 e. The molecule has 1 aliphatic rings. The molecule has 0 aliphatic carbocycles. The SMILES string of the molecule is CC1=C(OCc2ccccc2)C=CCN1CCO. The number of hydrogen-bond donors (Lipinski definition) is 1. The summed E-state index contributed by atoms with van der Waals surface area (Å²) in [5.41, 5.74) is 2.24. The van der Waals surface area contributed by atoms with Crippen LogP contribution in [0.1, 0.15) is 12.5 Å². The van der Waals surface area contributed by atoms with Gasteiger partial charge in [-0.15, -0.1) is 0 Å². The van der Waals surface area contributed by atoms with Crippen molar-refractivity contribution < 1.29 is 9.84 Å². The van der Waals surface area contributed by atoms with E-state index in [0.29, 0.717) is 13.2 Å². The van der Waals surface area contributed by atoms with Gasteiger partial charge in [0, 0.05) is 13.1 Å². The van der Waals surface area contributed by atoms with Crippen LogP contribution in [0.2, 0.25) is 0 Å². The number of rotatable bonds is 5. The van der Waals surface area contributed by atoms with Gasteiger partial charge in [0.15, 0.2) is 0 Å². The first-order valence-electron chi connectivity index (χ1n) is 6.21. The van der Waals surface area contributed by atoms with Crippen molar-refractivity contribution in [2.45, 2.75) is 13.5 Å². The predicted octanol–water partition coefficient (Wildman–Crippen LogP) is 2.30. The van der Waals surface area contributed by atoms with Gasteiger partial charge in [-0.25, -0.2) is 0 Å². The lowest BCUT2D eigenvalue weighted by Gasteiger charge is -2.27. The lowest BCUT2D eigenvalue weighted by atomic mass is 10.2. The molecule has 1 heterocycles. The van der Waals surface area contributed by atoms with E-state index in [4.69, 9.17) is 9.84 Å². The van der Waals surface area contributed by atoms with Gasteiger partial charge >= 0.3 is 0 Å². The number of β-amino-alcohol motifs (C(OH)–C–C–N with tert-alkyl or cyclic N) is 1. The highest BCUT2D eigenvalue weighted by molar-refractivity contribution is 5.24. The number of aliphatic hydroxyl groups is 1. The quantitative estimate of drug-likeness (QED) is 0.864. The van der Waals surface area contributed by atoms with Gasteiger partial charge in [-0.2, -0.15) is 0 Å². The molecule has 1 aliphatic heterocycles. The van der Waals surface area contributed by atoms with Gasteiger partial charge in [-0.1, -0.05) is 36.4 Å². The Morgan fingerprint density at radius 2 is 2.06 bits per heavy atom. The lowest BCUT2D eigenvalue weighted by Crippen LogP contribution is -2.28. The normalized spacial score (nSPS) is 15.1. The van der Waals surface area contributed by atoms with Gasteiger partial charge in [0.05, 0.1) is 12.3 Å². The second-order valence-electron chi connectivity index (χ2n) is 4.30. The Balaban J connectivity index is 1.99. The van der Waals surface area contributed by atoms with Gasteiger partial charge in [0.1, 0.15) is 12.4 Å². The molecule has 1 aromatic carbocycles. The van der Waals surface area contributed by atoms with Crippen LogP contribution in [-0.4, -0.2) is 29.7 Å². The molecule has 2 rings (SSSR count). The highest BCUT2D eigenvalue weighted by atomic mass is 16.5. The van der Waals surface area contributed by atoms with Crippen LogP contribution < -0.4 is 0 Å². The molecule has 0 amide bonds. The first-order valence-corrected chi connectivity index (χ1v) is 6.21. The zero-order valence-electron chi connectivity index (χ0n) is 10.7. The molecule has 0 spiro atoms. The smallest absolute Gasteiger partial charge is 0.138 e. The standard InChI is InChI=1S/C15H19NO2/c1-13-15(8-5-9-16(13)10-11-17)18-12-14-6-3-2-4-7-14/h2-8,17H,9-12H2,1H3. The predicted molar refractivity (Wildman–Crippen MR) is 71.7 cm³/mol. The maximum atomic E-state index is 9.00. The topological polar surface area (TPSA) is 32.7 Å². The minimum Gasteiger partial charge on any atom is -0.487 e. The highest BCUT2D eigenvalue weighted by Gasteiger charge is 2.12. The summed E-state index contributed by atoms with van der Waals surface area (Å²) in [5, 5.41) is 9.00. The first-order chi connectivity index (χ1) is 8.81. The van der Waals surface area contributed by atoms with Gasteiger partial charge in [0.2, 0.25) is 0 Å². The summed E-state index contributed by atoms with van der Waals surface area (Å²) >= 11 is 0.